The lowest BCUT2D eigenvalue weighted by Crippen LogP contribution is -2.26. The first-order valence-electron chi connectivity index (χ1n) is 5.32. The normalized spacial score (nSPS) is 51.2. The van der Waals surface area contributed by atoms with Gasteiger partial charge in [-0.2, -0.15) is 0 Å². The van der Waals surface area contributed by atoms with Gasteiger partial charge in [0.1, 0.15) is 5.78 Å². The summed E-state index contributed by atoms with van der Waals surface area (Å²) in [6, 6.07) is 0. The van der Waals surface area contributed by atoms with Gasteiger partial charge in [-0.25, -0.2) is 0 Å². The van der Waals surface area contributed by atoms with E-state index in [1.54, 1.807) is 0 Å². The second kappa shape index (κ2) is 2.12. The fourth-order valence-electron chi connectivity index (χ4n) is 4.13. The molecule has 0 heterocycles. The van der Waals surface area contributed by atoms with Gasteiger partial charge in [-0.05, 0) is 36.5 Å². The smallest absolute Gasteiger partial charge is 0.133 e. The van der Waals surface area contributed by atoms with Crippen LogP contribution in [-0.4, -0.2) is 5.78 Å². The highest BCUT2D eigenvalue weighted by Crippen LogP contribution is 2.62. The van der Waals surface area contributed by atoms with Gasteiger partial charge in [0, 0.05) is 12.8 Å². The van der Waals surface area contributed by atoms with Crippen molar-refractivity contribution in [1.29, 1.82) is 0 Å². The molecule has 66 valence electrons. The van der Waals surface area contributed by atoms with E-state index in [-0.39, 0.29) is 0 Å². The molecule has 3 atom stereocenters. The molecule has 0 amide bonds. The average molecular weight is 164 g/mol. The molecule has 0 N–H and O–H groups in total. The summed E-state index contributed by atoms with van der Waals surface area (Å²) in [4.78, 5) is 11.4. The number of ketones is 1. The van der Waals surface area contributed by atoms with Gasteiger partial charge in [0.2, 0.25) is 0 Å². The molecule has 0 aromatic carbocycles. The van der Waals surface area contributed by atoms with Crippen LogP contribution in [0.15, 0.2) is 0 Å². The Labute approximate surface area is 73.5 Å². The summed E-state index contributed by atoms with van der Waals surface area (Å²) in [6.45, 7) is 0. The van der Waals surface area contributed by atoms with Crippen molar-refractivity contribution < 1.29 is 4.79 Å². The van der Waals surface area contributed by atoms with Crippen LogP contribution >= 0.6 is 0 Å². The molecular formula is C11H16O. The minimum Gasteiger partial charge on any atom is -0.300 e. The molecule has 2 bridgehead atoms. The Kier molecular flexibility index (Phi) is 1.26. The Morgan fingerprint density at radius 2 is 2.17 bits per heavy atom. The van der Waals surface area contributed by atoms with E-state index in [2.05, 4.69) is 0 Å². The minimum atomic E-state index is 0.528. The molecule has 3 fully saturated rings. The quantitative estimate of drug-likeness (QED) is 0.537. The molecule has 1 heteroatoms. The Morgan fingerprint density at radius 1 is 1.25 bits per heavy atom. The van der Waals surface area contributed by atoms with Crippen LogP contribution in [0.3, 0.4) is 0 Å². The molecule has 0 aromatic heterocycles. The van der Waals surface area contributed by atoms with Crippen LogP contribution in [0.4, 0.5) is 0 Å². The highest BCUT2D eigenvalue weighted by Gasteiger charge is 2.55. The molecule has 3 unspecified atom stereocenters. The standard InChI is InChI=1S/C11H16O/c12-9-6-10-8-2-1-4-11(10,7-9)5-3-8/h8,10H,1-7H2. The van der Waals surface area contributed by atoms with Crippen molar-refractivity contribution in [3.63, 3.8) is 0 Å². The fraction of sp³-hybridized carbons (Fsp3) is 0.909. The van der Waals surface area contributed by atoms with Crippen molar-refractivity contribution in [2.45, 2.75) is 44.9 Å². The predicted octanol–water partition coefficient (Wildman–Crippen LogP) is 2.55. The van der Waals surface area contributed by atoms with Crippen LogP contribution in [-0.2, 0) is 4.79 Å². The minimum absolute atomic E-state index is 0.528. The van der Waals surface area contributed by atoms with Gasteiger partial charge in [-0.1, -0.05) is 12.8 Å². The Bertz CT molecular complexity index is 229. The van der Waals surface area contributed by atoms with Gasteiger partial charge < -0.3 is 0 Å². The van der Waals surface area contributed by atoms with Crippen molar-refractivity contribution >= 4 is 5.78 Å². The van der Waals surface area contributed by atoms with Crippen LogP contribution in [0, 0.1) is 17.3 Å². The highest BCUT2D eigenvalue weighted by molar-refractivity contribution is 5.82. The molecule has 0 radical (unpaired) electrons. The fourth-order valence-corrected chi connectivity index (χ4v) is 4.13. The second-order valence-corrected chi connectivity index (χ2v) is 5.08. The maximum Gasteiger partial charge on any atom is 0.133 e. The summed E-state index contributed by atoms with van der Waals surface area (Å²) in [5.41, 5.74) is 0.528. The van der Waals surface area contributed by atoms with Gasteiger partial charge in [-0.15, -0.1) is 0 Å². The summed E-state index contributed by atoms with van der Waals surface area (Å²) in [5, 5.41) is 0. The number of hydrogen-bond acceptors (Lipinski definition) is 1. The van der Waals surface area contributed by atoms with Crippen LogP contribution in [0.1, 0.15) is 44.9 Å². The van der Waals surface area contributed by atoms with Crippen LogP contribution < -0.4 is 0 Å². The SMILES string of the molecule is O=C1CC2C3CCCC2(CC3)C1. The zero-order chi connectivity index (χ0) is 8.18. The lowest BCUT2D eigenvalue weighted by molar-refractivity contribution is -0.118. The summed E-state index contributed by atoms with van der Waals surface area (Å²) in [5.74, 6) is 2.32. The van der Waals surface area contributed by atoms with E-state index >= 15 is 0 Å². The molecule has 0 aromatic rings. The largest absolute Gasteiger partial charge is 0.300 e. The zero-order valence-electron chi connectivity index (χ0n) is 7.51. The molecule has 3 aliphatic carbocycles. The van der Waals surface area contributed by atoms with E-state index in [1.165, 1.54) is 32.1 Å². The Hall–Kier alpha value is -0.330. The van der Waals surface area contributed by atoms with Crippen LogP contribution in [0.5, 0.6) is 0 Å². The molecular weight excluding hydrogens is 148 g/mol. The van der Waals surface area contributed by atoms with E-state index in [9.17, 15) is 4.79 Å². The van der Waals surface area contributed by atoms with E-state index in [1.807, 2.05) is 0 Å². The van der Waals surface area contributed by atoms with Crippen molar-refractivity contribution in [2.75, 3.05) is 0 Å². The molecule has 12 heavy (non-hydrogen) atoms. The first kappa shape index (κ1) is 7.11. The number of carbonyl (C=O) groups is 1. The summed E-state index contributed by atoms with van der Waals surface area (Å²) < 4.78 is 0. The molecule has 3 aliphatic rings. The third-order valence-electron chi connectivity index (χ3n) is 4.62. The van der Waals surface area contributed by atoms with E-state index in [0.29, 0.717) is 11.2 Å². The van der Waals surface area contributed by atoms with Crippen molar-refractivity contribution in [3.8, 4) is 0 Å². The lowest BCUT2D eigenvalue weighted by atomic mass is 9.69. The summed E-state index contributed by atoms with van der Waals surface area (Å²) in [7, 11) is 0. The molecule has 0 aliphatic heterocycles. The summed E-state index contributed by atoms with van der Waals surface area (Å²) in [6.07, 6.45) is 8.85. The van der Waals surface area contributed by atoms with Gasteiger partial charge in [0.15, 0.2) is 0 Å². The third-order valence-corrected chi connectivity index (χ3v) is 4.62. The van der Waals surface area contributed by atoms with Crippen molar-refractivity contribution in [1.82, 2.24) is 0 Å². The number of rotatable bonds is 0. The molecule has 3 rings (SSSR count). The summed E-state index contributed by atoms with van der Waals surface area (Å²) >= 11 is 0. The average Bonchev–Trinajstić information content (AvgIpc) is 2.40. The van der Waals surface area contributed by atoms with E-state index < -0.39 is 0 Å². The van der Waals surface area contributed by atoms with Crippen LogP contribution in [0.25, 0.3) is 0 Å². The second-order valence-electron chi connectivity index (χ2n) is 5.08. The number of hydrogen-bond donors (Lipinski definition) is 0. The van der Waals surface area contributed by atoms with Gasteiger partial charge >= 0.3 is 0 Å². The Balaban J connectivity index is 1.99. The van der Waals surface area contributed by atoms with Gasteiger partial charge in [-0.3, -0.25) is 4.79 Å². The topological polar surface area (TPSA) is 17.1 Å². The molecule has 1 nitrogen and oxygen atoms in total. The molecule has 0 saturated heterocycles. The van der Waals surface area contributed by atoms with E-state index in [0.717, 1.165) is 24.7 Å². The lowest BCUT2D eigenvalue weighted by Gasteiger charge is -2.35. The highest BCUT2D eigenvalue weighted by atomic mass is 16.1. The predicted molar refractivity (Wildman–Crippen MR) is 46.7 cm³/mol. The van der Waals surface area contributed by atoms with Crippen LogP contribution in [0.2, 0.25) is 0 Å². The zero-order valence-corrected chi connectivity index (χ0v) is 7.51. The Morgan fingerprint density at radius 3 is 3.00 bits per heavy atom. The monoisotopic (exact) mass is 164 g/mol. The number of Topliss-reactive ketones (excluding diaryl/α,β-unsaturated/α-hetero) is 1. The number of carbonyl (C=O) groups excluding carboxylic acids is 1. The van der Waals surface area contributed by atoms with Crippen molar-refractivity contribution in [3.05, 3.63) is 0 Å². The first-order valence-corrected chi connectivity index (χ1v) is 5.32. The first-order chi connectivity index (χ1) is 5.80. The van der Waals surface area contributed by atoms with Gasteiger partial charge in [0.25, 0.3) is 0 Å². The molecule has 3 saturated carbocycles. The van der Waals surface area contributed by atoms with E-state index in [4.69, 9.17) is 0 Å². The molecule has 0 spiro atoms. The van der Waals surface area contributed by atoms with Crippen molar-refractivity contribution in [2.24, 2.45) is 17.3 Å². The maximum atomic E-state index is 11.4. The van der Waals surface area contributed by atoms with Gasteiger partial charge in [0.05, 0.1) is 0 Å². The third kappa shape index (κ3) is 0.725. The maximum absolute atomic E-state index is 11.4.